The molecule has 3 rings (SSSR count). The lowest BCUT2D eigenvalue weighted by molar-refractivity contribution is -0.148. The molecule has 1 aliphatic carbocycles. The van der Waals surface area contributed by atoms with E-state index in [1.807, 2.05) is 13.0 Å². The minimum atomic E-state index is -4.85. The van der Waals surface area contributed by atoms with E-state index in [4.69, 9.17) is 20.4 Å². The van der Waals surface area contributed by atoms with Gasteiger partial charge < -0.3 is 41.1 Å². The van der Waals surface area contributed by atoms with Crippen LogP contribution in [-0.4, -0.2) is 126 Å². The van der Waals surface area contributed by atoms with E-state index in [2.05, 4.69) is 14.8 Å². The Bertz CT molecular complexity index is 1180. The third kappa shape index (κ3) is 8.86. The van der Waals surface area contributed by atoms with Crippen LogP contribution < -0.4 is 16.4 Å². The summed E-state index contributed by atoms with van der Waals surface area (Å²) in [4.78, 5) is 43.8. The maximum Gasteiger partial charge on any atom is 0.397 e. The molecule has 8 N–H and O–H groups in total. The molecule has 17 heteroatoms. The van der Waals surface area contributed by atoms with Crippen LogP contribution in [0.1, 0.15) is 46.0 Å². The minimum absolute atomic E-state index is 0.0342. The van der Waals surface area contributed by atoms with E-state index in [1.165, 1.54) is 4.90 Å². The number of methoxy groups -OCH3 is 1. The Hall–Kier alpha value is -2.83. The number of hydrogen-bond acceptors (Lipinski definition) is 10. The van der Waals surface area contributed by atoms with Crippen LogP contribution in [-0.2, 0) is 33.7 Å². The lowest BCUT2D eigenvalue weighted by Gasteiger charge is -2.40. The Morgan fingerprint density at radius 3 is 2.47 bits per heavy atom. The fourth-order valence-corrected chi connectivity index (χ4v) is 6.22. The zero-order valence-electron chi connectivity index (χ0n) is 24.6. The van der Waals surface area contributed by atoms with E-state index in [-0.39, 0.29) is 37.7 Å². The first-order chi connectivity index (χ1) is 20.2. The van der Waals surface area contributed by atoms with Gasteiger partial charge in [-0.2, -0.15) is 8.42 Å². The van der Waals surface area contributed by atoms with Crippen molar-refractivity contribution in [2.45, 2.75) is 82.4 Å². The number of carbonyl (C=O) groups is 3. The maximum atomic E-state index is 14.2. The molecule has 3 amide bonds. The molecule has 0 radical (unpaired) electrons. The monoisotopic (exact) mass is 632 g/mol. The number of hydrogen-bond donors (Lipinski definition) is 7. The number of carbonyl (C=O) groups excluding carboxylic acids is 3. The quantitative estimate of drug-likeness (QED) is 0.0509. The third-order valence-electron chi connectivity index (χ3n) is 8.59. The van der Waals surface area contributed by atoms with Crippen molar-refractivity contribution < 1.29 is 46.5 Å². The molecule has 1 saturated carbocycles. The summed E-state index contributed by atoms with van der Waals surface area (Å²) >= 11 is 0. The van der Waals surface area contributed by atoms with Crippen LogP contribution in [0.2, 0.25) is 0 Å². The number of guanidine groups is 1. The normalized spacial score (nSPS) is 27.6. The summed E-state index contributed by atoms with van der Waals surface area (Å²) in [5, 5.41) is 33.8. The van der Waals surface area contributed by atoms with Crippen molar-refractivity contribution in [2.24, 2.45) is 17.6 Å². The number of nitrogens with one attached hydrogen (secondary N) is 3. The first-order valence-corrected chi connectivity index (χ1v) is 15.7. The molecular weight excluding hydrogens is 588 g/mol. The molecule has 0 aromatic heterocycles. The molecule has 0 aromatic rings. The van der Waals surface area contributed by atoms with Gasteiger partial charge in [-0.3, -0.25) is 24.3 Å². The number of fused-ring (bicyclic) bond motifs is 1. The predicted octanol–water partition coefficient (Wildman–Crippen LogP) is -1.91. The number of amides is 3. The first-order valence-electron chi connectivity index (χ1n) is 14.3. The van der Waals surface area contributed by atoms with Gasteiger partial charge in [0.25, 0.3) is 5.91 Å². The van der Waals surface area contributed by atoms with Gasteiger partial charge in [-0.05, 0) is 37.5 Å². The number of nitrogens with zero attached hydrogens (tertiary/aromatic N) is 2. The van der Waals surface area contributed by atoms with Crippen molar-refractivity contribution in [3.63, 3.8) is 0 Å². The second-order valence-electron chi connectivity index (χ2n) is 11.4. The van der Waals surface area contributed by atoms with Crippen LogP contribution in [0.25, 0.3) is 0 Å². The van der Waals surface area contributed by atoms with Gasteiger partial charge in [0.2, 0.25) is 11.8 Å². The average molecular weight is 633 g/mol. The van der Waals surface area contributed by atoms with E-state index in [0.29, 0.717) is 25.9 Å². The van der Waals surface area contributed by atoms with Crippen LogP contribution in [0.3, 0.4) is 0 Å². The number of likely N-dealkylation sites (tertiary alicyclic amines) is 1. The number of rotatable bonds is 13. The Morgan fingerprint density at radius 2 is 1.88 bits per heavy atom. The van der Waals surface area contributed by atoms with Crippen LogP contribution in [0.4, 0.5) is 0 Å². The Balaban J connectivity index is 1.78. The van der Waals surface area contributed by atoms with Crippen molar-refractivity contribution in [2.75, 3.05) is 33.4 Å². The van der Waals surface area contributed by atoms with E-state index in [1.54, 1.807) is 11.8 Å². The van der Waals surface area contributed by atoms with Gasteiger partial charge in [-0.1, -0.05) is 31.9 Å². The molecule has 0 spiro atoms. The Kier molecular flexibility index (Phi) is 11.9. The van der Waals surface area contributed by atoms with Crippen LogP contribution in [0, 0.1) is 17.2 Å². The average Bonchev–Trinajstić information content (AvgIpc) is 3.56. The molecule has 2 fully saturated rings. The fraction of sp³-hybridized carbons (Fsp3) is 0.769. The summed E-state index contributed by atoms with van der Waals surface area (Å²) in [6.45, 7) is 4.02. The highest BCUT2D eigenvalue weighted by molar-refractivity contribution is 7.80. The van der Waals surface area contributed by atoms with Gasteiger partial charge in [0.05, 0.1) is 12.2 Å². The van der Waals surface area contributed by atoms with Crippen LogP contribution in [0.5, 0.6) is 0 Å². The van der Waals surface area contributed by atoms with Crippen molar-refractivity contribution >= 4 is 34.1 Å². The van der Waals surface area contributed by atoms with Crippen molar-refractivity contribution in [1.82, 2.24) is 20.4 Å². The second kappa shape index (κ2) is 14.8. The van der Waals surface area contributed by atoms with Gasteiger partial charge >= 0.3 is 10.4 Å². The molecule has 16 nitrogen and oxygen atoms in total. The molecule has 8 atom stereocenters. The van der Waals surface area contributed by atoms with Crippen LogP contribution in [0.15, 0.2) is 11.6 Å². The SMILES string of the molecule is CC[C@H](C)[C@@H](NC(=O)[C@@H](COS(=O)(=O)O)OC)C(=O)N1[C@H](C(=O)NCCC2=CCN(C(=N)N)C2)C[C@@H]2C[C@H](O)[C@@H](O)C[C@@H]21. The summed E-state index contributed by atoms with van der Waals surface area (Å²) in [5.74, 6) is -2.53. The molecule has 0 aromatic carbocycles. The highest BCUT2D eigenvalue weighted by atomic mass is 32.3. The smallest absolute Gasteiger partial charge is 0.390 e. The van der Waals surface area contributed by atoms with Crippen molar-refractivity contribution in [3.8, 4) is 0 Å². The standard InChI is InChI=1S/C26H44N6O10S/c1-4-14(2)22(30-24(36)21(41-3)13-42-43(38,39)40)25(37)32-17-11-20(34)19(33)10-16(17)9-18(32)23(35)29-7-5-15-6-8-31(12-15)26(27)28/h6,14,16-22,33-34H,4-5,7-13H2,1-3H3,(H3,27,28)(H,29,35)(H,30,36)(H,38,39,40)/t14-,16+,17-,18-,19-,20-,21+,22+/m0/s1. The summed E-state index contributed by atoms with van der Waals surface area (Å²) in [6, 6.07) is -2.62. The largest absolute Gasteiger partial charge is 0.397 e. The highest BCUT2D eigenvalue weighted by Gasteiger charge is 2.52. The maximum absolute atomic E-state index is 14.2. The molecule has 0 bridgehead atoms. The zero-order valence-corrected chi connectivity index (χ0v) is 25.5. The minimum Gasteiger partial charge on any atom is -0.390 e. The van der Waals surface area contributed by atoms with Gasteiger partial charge in [0, 0.05) is 32.8 Å². The summed E-state index contributed by atoms with van der Waals surface area (Å²) in [5.41, 5.74) is 6.56. The van der Waals surface area contributed by atoms with Crippen molar-refractivity contribution in [1.29, 1.82) is 5.41 Å². The molecule has 2 aliphatic heterocycles. The molecule has 244 valence electrons. The molecule has 2 heterocycles. The van der Waals surface area contributed by atoms with Gasteiger partial charge in [0.1, 0.15) is 18.7 Å². The lowest BCUT2D eigenvalue weighted by Crippen LogP contribution is -2.60. The molecular formula is C26H44N6O10S. The topological polar surface area (TPSA) is 245 Å². The number of aliphatic hydroxyl groups is 2. The lowest BCUT2D eigenvalue weighted by atomic mass is 9.81. The zero-order chi connectivity index (χ0) is 32.1. The summed E-state index contributed by atoms with van der Waals surface area (Å²) in [6.07, 6.45) is -0.106. The van der Waals surface area contributed by atoms with Crippen LogP contribution >= 0.6 is 0 Å². The van der Waals surface area contributed by atoms with E-state index < -0.39 is 77.1 Å². The summed E-state index contributed by atoms with van der Waals surface area (Å²) in [7, 11) is -3.71. The van der Waals surface area contributed by atoms with Gasteiger partial charge in [-0.25, -0.2) is 4.18 Å². The molecule has 1 saturated heterocycles. The predicted molar refractivity (Wildman–Crippen MR) is 153 cm³/mol. The Labute approximate surface area is 251 Å². The number of ether oxygens (including phenoxy) is 1. The number of nitrogens with two attached hydrogens (primary N) is 1. The van der Waals surface area contributed by atoms with Crippen molar-refractivity contribution in [3.05, 3.63) is 11.6 Å². The number of aliphatic hydroxyl groups excluding tert-OH is 2. The molecule has 3 aliphatic rings. The second-order valence-corrected chi connectivity index (χ2v) is 12.5. The van der Waals surface area contributed by atoms with Gasteiger partial charge in [0.15, 0.2) is 12.1 Å². The third-order valence-corrected chi connectivity index (χ3v) is 9.03. The van der Waals surface area contributed by atoms with Gasteiger partial charge in [-0.15, -0.1) is 0 Å². The first kappa shape index (κ1) is 34.7. The molecule has 43 heavy (non-hydrogen) atoms. The fourth-order valence-electron chi connectivity index (χ4n) is 5.93. The highest BCUT2D eigenvalue weighted by Crippen LogP contribution is 2.41. The van der Waals surface area contributed by atoms with E-state index in [0.717, 1.165) is 12.7 Å². The van der Waals surface area contributed by atoms with E-state index in [9.17, 15) is 33.0 Å². The van der Waals surface area contributed by atoms with E-state index >= 15 is 0 Å². The Morgan fingerprint density at radius 1 is 1.21 bits per heavy atom. The summed E-state index contributed by atoms with van der Waals surface area (Å²) < 4.78 is 40.2. The molecule has 0 unspecified atom stereocenters.